The SMILES string of the molecule is CCC(CC)c1cc(CNC(=NC)NCCCSC)on1. The van der Waals surface area contributed by atoms with Gasteiger partial charge in [0.05, 0.1) is 12.2 Å². The Balaban J connectivity index is 2.39. The Labute approximate surface area is 132 Å². The van der Waals surface area contributed by atoms with Crippen molar-refractivity contribution in [2.45, 2.75) is 45.6 Å². The van der Waals surface area contributed by atoms with E-state index < -0.39 is 0 Å². The summed E-state index contributed by atoms with van der Waals surface area (Å²) in [5.41, 5.74) is 1.06. The van der Waals surface area contributed by atoms with Gasteiger partial charge in [0.2, 0.25) is 0 Å². The molecule has 0 spiro atoms. The van der Waals surface area contributed by atoms with Crippen molar-refractivity contribution in [1.82, 2.24) is 15.8 Å². The first-order valence-corrected chi connectivity index (χ1v) is 9.03. The third-order valence-electron chi connectivity index (χ3n) is 3.45. The van der Waals surface area contributed by atoms with Gasteiger partial charge in [-0.15, -0.1) is 0 Å². The minimum atomic E-state index is 0.492. The van der Waals surface area contributed by atoms with Gasteiger partial charge in [0, 0.05) is 25.6 Å². The van der Waals surface area contributed by atoms with Crippen LogP contribution in [0.1, 0.15) is 50.5 Å². The van der Waals surface area contributed by atoms with Crippen LogP contribution in [0.2, 0.25) is 0 Å². The molecule has 1 aromatic heterocycles. The number of rotatable bonds is 9. The lowest BCUT2D eigenvalue weighted by Crippen LogP contribution is -2.37. The minimum absolute atomic E-state index is 0.492. The summed E-state index contributed by atoms with van der Waals surface area (Å²) in [6.07, 6.45) is 5.43. The van der Waals surface area contributed by atoms with Gasteiger partial charge in [-0.05, 0) is 31.3 Å². The molecule has 120 valence electrons. The highest BCUT2D eigenvalue weighted by molar-refractivity contribution is 7.98. The number of thioether (sulfide) groups is 1. The highest BCUT2D eigenvalue weighted by atomic mass is 32.2. The van der Waals surface area contributed by atoms with Crippen LogP contribution in [0.15, 0.2) is 15.6 Å². The van der Waals surface area contributed by atoms with Gasteiger partial charge in [0.1, 0.15) is 0 Å². The Morgan fingerprint density at radius 2 is 2.14 bits per heavy atom. The van der Waals surface area contributed by atoms with Crippen molar-refractivity contribution in [3.63, 3.8) is 0 Å². The van der Waals surface area contributed by atoms with Crippen molar-refractivity contribution in [3.05, 3.63) is 17.5 Å². The van der Waals surface area contributed by atoms with E-state index in [1.54, 1.807) is 7.05 Å². The third kappa shape index (κ3) is 6.42. The minimum Gasteiger partial charge on any atom is -0.359 e. The van der Waals surface area contributed by atoms with Gasteiger partial charge >= 0.3 is 0 Å². The van der Waals surface area contributed by atoms with Gasteiger partial charge in [0.25, 0.3) is 0 Å². The van der Waals surface area contributed by atoms with Gasteiger partial charge in [-0.2, -0.15) is 11.8 Å². The Morgan fingerprint density at radius 3 is 2.76 bits per heavy atom. The molecule has 0 bridgehead atoms. The zero-order chi connectivity index (χ0) is 15.5. The largest absolute Gasteiger partial charge is 0.359 e. The molecule has 1 heterocycles. The van der Waals surface area contributed by atoms with Crippen molar-refractivity contribution in [1.29, 1.82) is 0 Å². The number of hydrogen-bond acceptors (Lipinski definition) is 4. The lowest BCUT2D eigenvalue weighted by molar-refractivity contribution is 0.368. The van der Waals surface area contributed by atoms with Crippen LogP contribution in [0.3, 0.4) is 0 Å². The highest BCUT2D eigenvalue weighted by Gasteiger charge is 2.12. The van der Waals surface area contributed by atoms with E-state index in [-0.39, 0.29) is 0 Å². The summed E-state index contributed by atoms with van der Waals surface area (Å²) >= 11 is 1.86. The standard InChI is InChI=1S/C15H28N4OS/c1-5-12(6-2)14-10-13(20-19-14)11-18-15(16-3)17-8-7-9-21-4/h10,12H,5-9,11H2,1-4H3,(H2,16,17,18). The first-order chi connectivity index (χ1) is 10.2. The molecule has 0 fully saturated rings. The number of nitrogens with one attached hydrogen (secondary N) is 2. The molecule has 5 nitrogen and oxygen atoms in total. The average Bonchev–Trinajstić information content (AvgIpc) is 2.97. The van der Waals surface area contributed by atoms with E-state index in [4.69, 9.17) is 4.52 Å². The summed E-state index contributed by atoms with van der Waals surface area (Å²) in [6, 6.07) is 2.05. The maximum Gasteiger partial charge on any atom is 0.191 e. The fourth-order valence-corrected chi connectivity index (χ4v) is 2.56. The number of hydrogen-bond donors (Lipinski definition) is 2. The second-order valence-electron chi connectivity index (χ2n) is 4.93. The van der Waals surface area contributed by atoms with E-state index in [1.165, 1.54) is 0 Å². The predicted molar refractivity (Wildman–Crippen MR) is 91.0 cm³/mol. The molecule has 0 aliphatic carbocycles. The fourth-order valence-electron chi connectivity index (χ4n) is 2.13. The fraction of sp³-hybridized carbons (Fsp3) is 0.733. The smallest absolute Gasteiger partial charge is 0.191 e. The molecular weight excluding hydrogens is 284 g/mol. The Kier molecular flexibility index (Phi) is 8.98. The summed E-state index contributed by atoms with van der Waals surface area (Å²) in [4.78, 5) is 4.20. The van der Waals surface area contributed by atoms with E-state index >= 15 is 0 Å². The lowest BCUT2D eigenvalue weighted by Gasteiger charge is -2.10. The van der Waals surface area contributed by atoms with Crippen LogP contribution >= 0.6 is 11.8 Å². The molecule has 0 aliphatic rings. The second-order valence-corrected chi connectivity index (χ2v) is 5.92. The first kappa shape index (κ1) is 17.9. The van der Waals surface area contributed by atoms with E-state index in [2.05, 4.69) is 40.9 Å². The molecule has 1 aromatic rings. The number of aliphatic imine (C=N–C) groups is 1. The number of aromatic nitrogens is 1. The normalized spacial score (nSPS) is 12.0. The van der Waals surface area contributed by atoms with Gasteiger partial charge in [0.15, 0.2) is 11.7 Å². The van der Waals surface area contributed by atoms with E-state index in [1.807, 2.05) is 17.8 Å². The molecule has 0 radical (unpaired) electrons. The maximum absolute atomic E-state index is 5.39. The van der Waals surface area contributed by atoms with E-state index in [9.17, 15) is 0 Å². The predicted octanol–water partition coefficient (Wildman–Crippen LogP) is 3.00. The third-order valence-corrected chi connectivity index (χ3v) is 4.15. The molecule has 1 rings (SSSR count). The molecule has 0 aromatic carbocycles. The zero-order valence-corrected chi connectivity index (χ0v) is 14.4. The summed E-state index contributed by atoms with van der Waals surface area (Å²) in [5.74, 6) is 3.30. The molecule has 21 heavy (non-hydrogen) atoms. The maximum atomic E-state index is 5.39. The molecule has 2 N–H and O–H groups in total. The van der Waals surface area contributed by atoms with Crippen molar-refractivity contribution in [2.75, 3.05) is 25.6 Å². The van der Waals surface area contributed by atoms with E-state index in [0.717, 1.165) is 49.0 Å². The first-order valence-electron chi connectivity index (χ1n) is 7.64. The molecular formula is C15H28N4OS. The second kappa shape index (κ2) is 10.5. The van der Waals surface area contributed by atoms with Crippen LogP contribution in [0.25, 0.3) is 0 Å². The topological polar surface area (TPSA) is 62.5 Å². The van der Waals surface area contributed by atoms with Crippen LogP contribution in [0.5, 0.6) is 0 Å². The Hall–Kier alpha value is -1.17. The summed E-state index contributed by atoms with van der Waals surface area (Å²) < 4.78 is 5.39. The van der Waals surface area contributed by atoms with Crippen molar-refractivity contribution in [3.8, 4) is 0 Å². The lowest BCUT2D eigenvalue weighted by atomic mass is 9.99. The zero-order valence-electron chi connectivity index (χ0n) is 13.6. The molecule has 0 aliphatic heterocycles. The Bertz CT molecular complexity index is 416. The van der Waals surface area contributed by atoms with Crippen LogP contribution < -0.4 is 10.6 Å². The molecule has 0 saturated heterocycles. The van der Waals surface area contributed by atoms with Gasteiger partial charge in [-0.25, -0.2) is 0 Å². The van der Waals surface area contributed by atoms with E-state index in [0.29, 0.717) is 12.5 Å². The summed E-state index contributed by atoms with van der Waals surface area (Å²) in [6.45, 7) is 5.90. The van der Waals surface area contributed by atoms with Gasteiger partial charge in [-0.3, -0.25) is 4.99 Å². The van der Waals surface area contributed by atoms with Crippen LogP contribution in [0.4, 0.5) is 0 Å². The molecule has 0 amide bonds. The molecule has 0 atom stereocenters. The summed E-state index contributed by atoms with van der Waals surface area (Å²) in [5, 5.41) is 10.7. The van der Waals surface area contributed by atoms with Crippen molar-refractivity contribution >= 4 is 17.7 Å². The number of nitrogens with zero attached hydrogens (tertiary/aromatic N) is 2. The van der Waals surface area contributed by atoms with Crippen LogP contribution in [-0.2, 0) is 6.54 Å². The molecule has 0 unspecified atom stereocenters. The quantitative estimate of drug-likeness (QED) is 0.417. The average molecular weight is 312 g/mol. The summed E-state index contributed by atoms with van der Waals surface area (Å²) in [7, 11) is 1.78. The van der Waals surface area contributed by atoms with Crippen LogP contribution in [0, 0.1) is 0 Å². The Morgan fingerprint density at radius 1 is 1.38 bits per heavy atom. The van der Waals surface area contributed by atoms with Gasteiger partial charge < -0.3 is 15.2 Å². The molecule has 0 saturated carbocycles. The number of guanidine groups is 1. The van der Waals surface area contributed by atoms with Gasteiger partial charge in [-0.1, -0.05) is 19.0 Å². The van der Waals surface area contributed by atoms with Crippen LogP contribution in [-0.4, -0.2) is 36.7 Å². The highest BCUT2D eigenvalue weighted by Crippen LogP contribution is 2.22. The molecule has 6 heteroatoms. The van der Waals surface area contributed by atoms with Crippen molar-refractivity contribution in [2.24, 2.45) is 4.99 Å². The van der Waals surface area contributed by atoms with Crippen molar-refractivity contribution < 1.29 is 4.52 Å². The monoisotopic (exact) mass is 312 g/mol.